The number of carbonyl (C=O) groups excluding carboxylic acids is 1. The van der Waals surface area contributed by atoms with Crippen molar-refractivity contribution in [1.29, 1.82) is 5.26 Å². The minimum atomic E-state index is -0.112. The number of benzene rings is 3. The van der Waals surface area contributed by atoms with Crippen LogP contribution in [-0.4, -0.2) is 29.0 Å². The molecule has 0 fully saturated rings. The number of para-hydroxylation sites is 3. The van der Waals surface area contributed by atoms with Gasteiger partial charge in [0, 0.05) is 12.2 Å². The van der Waals surface area contributed by atoms with Gasteiger partial charge in [-0.25, -0.2) is 4.98 Å². The van der Waals surface area contributed by atoms with Crippen molar-refractivity contribution in [2.24, 2.45) is 0 Å². The van der Waals surface area contributed by atoms with E-state index in [0.29, 0.717) is 23.7 Å². The Morgan fingerprint density at radius 1 is 1.06 bits per heavy atom. The SMILES string of the molecule is CCN(C(=O)COc1ccc(C=C(C#N)c2nc3ccccc3[nH]2)cc1)c1ccccc1. The lowest BCUT2D eigenvalue weighted by Gasteiger charge is -2.21. The third kappa shape index (κ3) is 4.68. The van der Waals surface area contributed by atoms with Crippen LogP contribution in [0.15, 0.2) is 78.9 Å². The summed E-state index contributed by atoms with van der Waals surface area (Å²) >= 11 is 0. The summed E-state index contributed by atoms with van der Waals surface area (Å²) in [6.45, 7) is 2.44. The molecular formula is C26H22N4O2. The molecule has 0 saturated carbocycles. The summed E-state index contributed by atoms with van der Waals surface area (Å²) in [7, 11) is 0. The van der Waals surface area contributed by atoms with Crippen molar-refractivity contribution < 1.29 is 9.53 Å². The quantitative estimate of drug-likeness (QED) is 0.422. The van der Waals surface area contributed by atoms with E-state index in [4.69, 9.17) is 4.74 Å². The summed E-state index contributed by atoms with van der Waals surface area (Å²) in [5.74, 6) is 1.00. The van der Waals surface area contributed by atoms with Gasteiger partial charge in [0.15, 0.2) is 6.61 Å². The number of imidazole rings is 1. The summed E-state index contributed by atoms with van der Waals surface area (Å²) < 4.78 is 5.69. The molecule has 158 valence electrons. The number of aromatic nitrogens is 2. The highest BCUT2D eigenvalue weighted by molar-refractivity contribution is 5.94. The molecule has 6 heteroatoms. The predicted octanol–water partition coefficient (Wildman–Crippen LogP) is 5.06. The van der Waals surface area contributed by atoms with Gasteiger partial charge in [-0.05, 0) is 55.0 Å². The Labute approximate surface area is 186 Å². The lowest BCUT2D eigenvalue weighted by molar-refractivity contribution is -0.120. The van der Waals surface area contributed by atoms with Gasteiger partial charge in [-0.2, -0.15) is 5.26 Å². The van der Waals surface area contributed by atoms with Crippen LogP contribution >= 0.6 is 0 Å². The number of ether oxygens (including phenoxy) is 1. The number of hydrogen-bond donors (Lipinski definition) is 1. The molecule has 0 aliphatic rings. The summed E-state index contributed by atoms with van der Waals surface area (Å²) in [5.41, 5.74) is 3.81. The second-order valence-electron chi connectivity index (χ2n) is 7.10. The van der Waals surface area contributed by atoms with Gasteiger partial charge in [-0.1, -0.05) is 42.5 Å². The third-order valence-corrected chi connectivity index (χ3v) is 5.00. The van der Waals surface area contributed by atoms with Crippen LogP contribution in [0.2, 0.25) is 0 Å². The van der Waals surface area contributed by atoms with Gasteiger partial charge in [0.25, 0.3) is 5.91 Å². The van der Waals surface area contributed by atoms with E-state index < -0.39 is 0 Å². The number of likely N-dealkylation sites (N-methyl/N-ethyl adjacent to an activating group) is 1. The van der Waals surface area contributed by atoms with Crippen LogP contribution in [0.5, 0.6) is 5.75 Å². The number of H-pyrrole nitrogens is 1. The fraction of sp³-hybridized carbons (Fsp3) is 0.115. The molecule has 0 aliphatic heterocycles. The highest BCUT2D eigenvalue weighted by Gasteiger charge is 2.14. The lowest BCUT2D eigenvalue weighted by atomic mass is 10.1. The number of nitrogens with one attached hydrogen (secondary N) is 1. The molecule has 0 bridgehead atoms. The topological polar surface area (TPSA) is 82.0 Å². The van der Waals surface area contributed by atoms with E-state index in [2.05, 4.69) is 16.0 Å². The first-order valence-electron chi connectivity index (χ1n) is 10.3. The number of nitrogens with zero attached hydrogens (tertiary/aromatic N) is 3. The second kappa shape index (κ2) is 9.63. The first-order valence-corrected chi connectivity index (χ1v) is 10.3. The Kier molecular flexibility index (Phi) is 6.28. The van der Waals surface area contributed by atoms with Crippen LogP contribution in [0.4, 0.5) is 5.69 Å². The zero-order valence-corrected chi connectivity index (χ0v) is 17.7. The fourth-order valence-corrected chi connectivity index (χ4v) is 3.39. The number of aromatic amines is 1. The van der Waals surface area contributed by atoms with E-state index in [1.807, 2.05) is 73.7 Å². The zero-order valence-electron chi connectivity index (χ0n) is 17.7. The van der Waals surface area contributed by atoms with Gasteiger partial charge >= 0.3 is 0 Å². The van der Waals surface area contributed by atoms with Gasteiger partial charge in [0.2, 0.25) is 0 Å². The molecule has 0 saturated heterocycles. The van der Waals surface area contributed by atoms with Gasteiger partial charge < -0.3 is 14.6 Å². The zero-order chi connectivity index (χ0) is 22.3. The van der Waals surface area contributed by atoms with Crippen LogP contribution in [0.3, 0.4) is 0 Å². The van der Waals surface area contributed by atoms with Gasteiger partial charge in [-0.15, -0.1) is 0 Å². The number of rotatable bonds is 7. The molecule has 0 spiro atoms. The van der Waals surface area contributed by atoms with E-state index in [0.717, 1.165) is 22.3 Å². The van der Waals surface area contributed by atoms with Crippen molar-refractivity contribution in [1.82, 2.24) is 9.97 Å². The molecule has 4 aromatic rings. The van der Waals surface area contributed by atoms with Crippen LogP contribution in [0.1, 0.15) is 18.3 Å². The molecule has 0 aliphatic carbocycles. The van der Waals surface area contributed by atoms with E-state index in [1.165, 1.54) is 0 Å². The summed E-state index contributed by atoms with van der Waals surface area (Å²) in [4.78, 5) is 21.9. The number of anilines is 1. The molecule has 1 amide bonds. The van der Waals surface area contributed by atoms with Gasteiger partial charge in [-0.3, -0.25) is 4.79 Å². The molecule has 32 heavy (non-hydrogen) atoms. The first kappa shape index (κ1) is 20.9. The van der Waals surface area contributed by atoms with Crippen LogP contribution < -0.4 is 9.64 Å². The molecule has 3 aromatic carbocycles. The molecule has 1 heterocycles. The third-order valence-electron chi connectivity index (χ3n) is 5.00. The number of allylic oxidation sites excluding steroid dienone is 1. The number of fused-ring (bicyclic) bond motifs is 1. The molecule has 4 rings (SSSR count). The standard InChI is InChI=1S/C26H22N4O2/c1-2-30(21-8-4-3-5-9-21)25(31)18-32-22-14-12-19(13-15-22)16-20(17-27)26-28-23-10-6-7-11-24(23)29-26/h3-16H,2,18H2,1H3,(H,28,29). The predicted molar refractivity (Wildman–Crippen MR) is 126 cm³/mol. The Morgan fingerprint density at radius 2 is 1.78 bits per heavy atom. The number of amides is 1. The maximum absolute atomic E-state index is 12.6. The largest absolute Gasteiger partial charge is 0.484 e. The lowest BCUT2D eigenvalue weighted by Crippen LogP contribution is -2.34. The van der Waals surface area contributed by atoms with Crippen molar-refractivity contribution in [2.75, 3.05) is 18.1 Å². The maximum atomic E-state index is 12.6. The van der Waals surface area contributed by atoms with Gasteiger partial charge in [0.05, 0.1) is 16.6 Å². The number of nitriles is 1. The normalized spacial score (nSPS) is 11.2. The molecule has 6 nitrogen and oxygen atoms in total. The van der Waals surface area contributed by atoms with E-state index >= 15 is 0 Å². The summed E-state index contributed by atoms with van der Waals surface area (Å²) in [5, 5.41) is 9.59. The fourth-order valence-electron chi connectivity index (χ4n) is 3.39. The van der Waals surface area contributed by atoms with Crippen molar-refractivity contribution in [2.45, 2.75) is 6.92 Å². The number of carbonyl (C=O) groups is 1. The van der Waals surface area contributed by atoms with E-state index in [-0.39, 0.29) is 12.5 Å². The Balaban J connectivity index is 1.43. The van der Waals surface area contributed by atoms with E-state index in [1.54, 1.807) is 23.1 Å². The maximum Gasteiger partial charge on any atom is 0.264 e. The van der Waals surface area contributed by atoms with Crippen LogP contribution in [0.25, 0.3) is 22.7 Å². The number of hydrogen-bond acceptors (Lipinski definition) is 4. The van der Waals surface area contributed by atoms with Crippen molar-refractivity contribution >= 4 is 34.3 Å². The minimum absolute atomic E-state index is 0.0552. The van der Waals surface area contributed by atoms with Crippen molar-refractivity contribution in [3.8, 4) is 11.8 Å². The average molecular weight is 422 g/mol. The molecule has 0 radical (unpaired) electrons. The van der Waals surface area contributed by atoms with Crippen LogP contribution in [-0.2, 0) is 4.79 Å². The minimum Gasteiger partial charge on any atom is -0.484 e. The molecule has 0 unspecified atom stereocenters. The van der Waals surface area contributed by atoms with Crippen molar-refractivity contribution in [3.63, 3.8) is 0 Å². The molecule has 1 N–H and O–H groups in total. The average Bonchev–Trinajstić information content (AvgIpc) is 3.27. The molecule has 0 atom stereocenters. The summed E-state index contributed by atoms with van der Waals surface area (Å²) in [6.07, 6.45) is 1.76. The molecule has 1 aromatic heterocycles. The monoisotopic (exact) mass is 422 g/mol. The van der Waals surface area contributed by atoms with Crippen molar-refractivity contribution in [3.05, 3.63) is 90.3 Å². The Morgan fingerprint density at radius 3 is 2.47 bits per heavy atom. The van der Waals surface area contributed by atoms with E-state index in [9.17, 15) is 10.1 Å². The van der Waals surface area contributed by atoms with Gasteiger partial charge in [0.1, 0.15) is 17.6 Å². The second-order valence-corrected chi connectivity index (χ2v) is 7.10. The molecular weight excluding hydrogens is 400 g/mol. The summed E-state index contributed by atoms with van der Waals surface area (Å²) in [6, 6.07) is 26.6. The Hall–Kier alpha value is -4.37. The smallest absolute Gasteiger partial charge is 0.264 e. The van der Waals surface area contributed by atoms with Crippen LogP contribution in [0, 0.1) is 11.3 Å². The Bertz CT molecular complexity index is 1250. The first-order chi connectivity index (χ1) is 15.7. The highest BCUT2D eigenvalue weighted by atomic mass is 16.5. The highest BCUT2D eigenvalue weighted by Crippen LogP contribution is 2.21.